The van der Waals surface area contributed by atoms with E-state index in [9.17, 15) is 0 Å². The highest BCUT2D eigenvalue weighted by Crippen LogP contribution is 2.47. The predicted molar refractivity (Wildman–Crippen MR) is 85.0 cm³/mol. The van der Waals surface area contributed by atoms with Gasteiger partial charge in [0.15, 0.2) is 0 Å². The van der Waals surface area contributed by atoms with Crippen LogP contribution in [0.3, 0.4) is 0 Å². The van der Waals surface area contributed by atoms with Gasteiger partial charge in [0.1, 0.15) is 0 Å². The normalized spacial score (nSPS) is 20.6. The van der Waals surface area contributed by atoms with E-state index in [2.05, 4.69) is 58.7 Å². The maximum atomic E-state index is 3.62. The number of benzene rings is 2. The van der Waals surface area contributed by atoms with Gasteiger partial charge >= 0.3 is 0 Å². The lowest BCUT2D eigenvalue weighted by atomic mass is 10.1. The summed E-state index contributed by atoms with van der Waals surface area (Å²) >= 11 is 1.88. The van der Waals surface area contributed by atoms with E-state index < -0.39 is 0 Å². The van der Waals surface area contributed by atoms with Crippen molar-refractivity contribution in [1.29, 1.82) is 0 Å². The first-order valence-electron chi connectivity index (χ1n) is 7.29. The van der Waals surface area contributed by atoms with Crippen LogP contribution in [-0.4, -0.2) is 19.1 Å². The van der Waals surface area contributed by atoms with E-state index in [4.69, 9.17) is 0 Å². The number of nitrogens with zero attached hydrogens (tertiary/aromatic N) is 1. The van der Waals surface area contributed by atoms with Gasteiger partial charge in [-0.2, -0.15) is 0 Å². The molecule has 102 valence electrons. The number of hydrogen-bond donors (Lipinski definition) is 1. The van der Waals surface area contributed by atoms with Crippen LogP contribution in [0, 0.1) is 0 Å². The Kier molecular flexibility index (Phi) is 3.17. The van der Waals surface area contributed by atoms with E-state index in [1.54, 1.807) is 0 Å². The summed E-state index contributed by atoms with van der Waals surface area (Å²) in [4.78, 5) is 5.22. The minimum absolute atomic E-state index is 0.610. The molecule has 20 heavy (non-hydrogen) atoms. The van der Waals surface area contributed by atoms with Gasteiger partial charge in [0.2, 0.25) is 0 Å². The summed E-state index contributed by atoms with van der Waals surface area (Å²) < 4.78 is 0. The van der Waals surface area contributed by atoms with Crippen LogP contribution in [0.15, 0.2) is 58.3 Å². The number of hydrogen-bond acceptors (Lipinski definition) is 3. The zero-order valence-corrected chi connectivity index (χ0v) is 12.2. The Morgan fingerprint density at radius 2 is 1.65 bits per heavy atom. The molecule has 1 saturated heterocycles. The Morgan fingerprint density at radius 1 is 1.00 bits per heavy atom. The summed E-state index contributed by atoms with van der Waals surface area (Å²) in [7, 11) is 0. The highest BCUT2D eigenvalue weighted by atomic mass is 32.2. The molecular formula is C17H18N2S. The molecular weight excluding hydrogens is 264 g/mol. The molecule has 2 heterocycles. The smallest absolute Gasteiger partial charge is 0.0553 e. The quantitative estimate of drug-likeness (QED) is 0.895. The number of para-hydroxylation sites is 2. The van der Waals surface area contributed by atoms with Crippen LogP contribution in [-0.2, 0) is 0 Å². The molecule has 1 atom stereocenters. The van der Waals surface area contributed by atoms with Crippen LogP contribution in [0.25, 0.3) is 0 Å². The van der Waals surface area contributed by atoms with Crippen molar-refractivity contribution < 1.29 is 0 Å². The maximum absolute atomic E-state index is 3.62. The van der Waals surface area contributed by atoms with Crippen molar-refractivity contribution in [2.45, 2.75) is 28.7 Å². The van der Waals surface area contributed by atoms with E-state index in [1.165, 1.54) is 34.0 Å². The fraction of sp³-hybridized carbons (Fsp3) is 0.294. The number of anilines is 2. The Bertz CT molecular complexity index is 574. The molecule has 0 saturated carbocycles. The summed E-state index contributed by atoms with van der Waals surface area (Å²) in [5, 5.41) is 3.62. The Hall–Kier alpha value is -1.45. The van der Waals surface area contributed by atoms with Gasteiger partial charge in [-0.1, -0.05) is 36.0 Å². The lowest BCUT2D eigenvalue weighted by Gasteiger charge is -2.34. The first-order valence-corrected chi connectivity index (χ1v) is 8.10. The molecule has 0 amide bonds. The fourth-order valence-electron chi connectivity index (χ4n) is 3.11. The van der Waals surface area contributed by atoms with E-state index in [0.29, 0.717) is 6.04 Å². The fourth-order valence-corrected chi connectivity index (χ4v) is 4.21. The maximum Gasteiger partial charge on any atom is 0.0553 e. The summed E-state index contributed by atoms with van der Waals surface area (Å²) in [6.07, 6.45) is 2.59. The van der Waals surface area contributed by atoms with Crippen molar-refractivity contribution in [3.8, 4) is 0 Å². The topological polar surface area (TPSA) is 15.3 Å². The zero-order valence-electron chi connectivity index (χ0n) is 11.4. The van der Waals surface area contributed by atoms with Gasteiger partial charge in [-0.05, 0) is 43.7 Å². The van der Waals surface area contributed by atoms with Crippen LogP contribution in [0.1, 0.15) is 12.8 Å². The van der Waals surface area contributed by atoms with Gasteiger partial charge in [-0.3, -0.25) is 0 Å². The Labute approximate surface area is 124 Å². The van der Waals surface area contributed by atoms with Crippen LogP contribution in [0.4, 0.5) is 11.4 Å². The van der Waals surface area contributed by atoms with Crippen molar-refractivity contribution in [3.05, 3.63) is 48.5 Å². The third-order valence-electron chi connectivity index (χ3n) is 4.10. The molecule has 2 aromatic rings. The molecule has 2 aliphatic rings. The molecule has 3 heteroatoms. The first kappa shape index (κ1) is 12.3. The Balaban J connectivity index is 1.75. The van der Waals surface area contributed by atoms with Crippen LogP contribution in [0.2, 0.25) is 0 Å². The first-order chi connectivity index (χ1) is 9.92. The van der Waals surface area contributed by atoms with E-state index >= 15 is 0 Å². The summed E-state index contributed by atoms with van der Waals surface area (Å²) in [6.45, 7) is 2.23. The average molecular weight is 282 g/mol. The van der Waals surface area contributed by atoms with Gasteiger partial charge in [-0.25, -0.2) is 0 Å². The number of nitrogens with one attached hydrogen (secondary N) is 1. The van der Waals surface area contributed by atoms with E-state index in [-0.39, 0.29) is 0 Å². The van der Waals surface area contributed by atoms with Crippen molar-refractivity contribution in [1.82, 2.24) is 5.32 Å². The summed E-state index contributed by atoms with van der Waals surface area (Å²) in [5.41, 5.74) is 2.70. The third-order valence-corrected chi connectivity index (χ3v) is 5.23. The van der Waals surface area contributed by atoms with Gasteiger partial charge < -0.3 is 10.2 Å². The Morgan fingerprint density at radius 3 is 2.25 bits per heavy atom. The molecule has 1 fully saturated rings. The third kappa shape index (κ3) is 2.11. The second-order valence-electron chi connectivity index (χ2n) is 5.44. The molecule has 1 unspecified atom stereocenters. The molecule has 0 aliphatic carbocycles. The molecule has 2 nitrogen and oxygen atoms in total. The molecule has 0 bridgehead atoms. The minimum Gasteiger partial charge on any atom is -0.338 e. The lowest BCUT2D eigenvalue weighted by molar-refractivity contribution is 0.606. The number of rotatable bonds is 2. The number of fused-ring (bicyclic) bond motifs is 2. The van der Waals surface area contributed by atoms with E-state index in [1.807, 2.05) is 11.8 Å². The average Bonchev–Trinajstić information content (AvgIpc) is 3.00. The van der Waals surface area contributed by atoms with Crippen molar-refractivity contribution >= 4 is 23.1 Å². The predicted octanol–water partition coefficient (Wildman–Crippen LogP) is 4.04. The second kappa shape index (κ2) is 5.15. The lowest BCUT2D eigenvalue weighted by Crippen LogP contribution is -2.36. The van der Waals surface area contributed by atoms with Crippen LogP contribution >= 0.6 is 11.8 Å². The molecule has 1 N–H and O–H groups in total. The van der Waals surface area contributed by atoms with Gasteiger partial charge in [-0.15, -0.1) is 0 Å². The van der Waals surface area contributed by atoms with Gasteiger partial charge in [0.25, 0.3) is 0 Å². The highest BCUT2D eigenvalue weighted by molar-refractivity contribution is 7.99. The summed E-state index contributed by atoms with van der Waals surface area (Å²) in [6, 6.07) is 18.1. The van der Waals surface area contributed by atoms with Crippen molar-refractivity contribution in [2.24, 2.45) is 0 Å². The largest absolute Gasteiger partial charge is 0.338 e. The summed E-state index contributed by atoms with van der Waals surface area (Å²) in [5.74, 6) is 0. The molecule has 0 spiro atoms. The minimum atomic E-state index is 0.610. The van der Waals surface area contributed by atoms with Crippen molar-refractivity contribution in [2.75, 3.05) is 18.0 Å². The van der Waals surface area contributed by atoms with Crippen LogP contribution in [0.5, 0.6) is 0 Å². The molecule has 0 radical (unpaired) electrons. The second-order valence-corrected chi connectivity index (χ2v) is 6.53. The molecule has 2 aliphatic heterocycles. The monoisotopic (exact) mass is 282 g/mol. The standard InChI is InChI=1S/C17H18N2S/c1-3-9-16-14(7-1)19(12-13-6-5-11-18-13)15-8-2-4-10-17(15)20-16/h1-4,7-10,13,18H,5-6,11-12H2. The SMILES string of the molecule is c1ccc2c(c1)Sc1ccccc1N2CC1CCCN1. The van der Waals surface area contributed by atoms with Gasteiger partial charge in [0.05, 0.1) is 11.4 Å². The molecule has 0 aromatic heterocycles. The van der Waals surface area contributed by atoms with Crippen molar-refractivity contribution in [3.63, 3.8) is 0 Å². The van der Waals surface area contributed by atoms with Gasteiger partial charge in [0, 0.05) is 22.4 Å². The van der Waals surface area contributed by atoms with E-state index in [0.717, 1.165) is 13.1 Å². The molecule has 2 aromatic carbocycles. The molecule has 4 rings (SSSR count). The highest BCUT2D eigenvalue weighted by Gasteiger charge is 2.26. The zero-order chi connectivity index (χ0) is 13.4. The van der Waals surface area contributed by atoms with Crippen LogP contribution < -0.4 is 10.2 Å².